The molecule has 2 aromatic rings. The topological polar surface area (TPSA) is 70.8 Å². The standard InChI is InChI=1S/C21H28N4O3/c1-28-20-6-2-4-16(10-20)13-23-8-3-5-17(14-23)25-21(27)11-18(12-22-25)24-9-7-19(26)15-24/h2,4,6,10-12,17,19,26H,3,5,7-9,13-15H2,1H3/t17-,19-/m0/s1. The van der Waals surface area contributed by atoms with Gasteiger partial charge in [-0.3, -0.25) is 9.69 Å². The third-order valence-corrected chi connectivity index (χ3v) is 5.71. The minimum atomic E-state index is -0.314. The molecule has 1 aromatic carbocycles. The summed E-state index contributed by atoms with van der Waals surface area (Å²) in [4.78, 5) is 17.1. The molecule has 7 heteroatoms. The number of anilines is 1. The highest BCUT2D eigenvalue weighted by Gasteiger charge is 2.25. The molecule has 2 atom stereocenters. The molecule has 0 unspecified atom stereocenters. The fraction of sp³-hybridized carbons (Fsp3) is 0.524. The number of aliphatic hydroxyl groups excluding tert-OH is 1. The molecule has 28 heavy (non-hydrogen) atoms. The minimum Gasteiger partial charge on any atom is -0.497 e. The van der Waals surface area contributed by atoms with Gasteiger partial charge in [-0.15, -0.1) is 0 Å². The molecule has 1 N–H and O–H groups in total. The Balaban J connectivity index is 1.44. The van der Waals surface area contributed by atoms with Crippen molar-refractivity contribution in [1.82, 2.24) is 14.7 Å². The number of benzene rings is 1. The number of ether oxygens (including phenoxy) is 1. The maximum absolute atomic E-state index is 12.7. The minimum absolute atomic E-state index is 0.0629. The zero-order valence-electron chi connectivity index (χ0n) is 16.3. The van der Waals surface area contributed by atoms with Crippen molar-refractivity contribution >= 4 is 5.69 Å². The lowest BCUT2D eigenvalue weighted by Gasteiger charge is -2.33. The van der Waals surface area contributed by atoms with E-state index in [-0.39, 0.29) is 17.7 Å². The first-order chi connectivity index (χ1) is 13.6. The van der Waals surface area contributed by atoms with Gasteiger partial charge in [0.2, 0.25) is 0 Å². The van der Waals surface area contributed by atoms with Crippen LogP contribution in [0.3, 0.4) is 0 Å². The van der Waals surface area contributed by atoms with Gasteiger partial charge in [-0.05, 0) is 43.5 Å². The van der Waals surface area contributed by atoms with Crippen molar-refractivity contribution in [2.75, 3.05) is 38.2 Å². The highest BCUT2D eigenvalue weighted by atomic mass is 16.5. The van der Waals surface area contributed by atoms with Crippen molar-refractivity contribution in [3.8, 4) is 5.75 Å². The molecule has 2 saturated heterocycles. The lowest BCUT2D eigenvalue weighted by Crippen LogP contribution is -2.40. The van der Waals surface area contributed by atoms with Crippen LogP contribution in [0.2, 0.25) is 0 Å². The number of likely N-dealkylation sites (tertiary alicyclic amines) is 1. The second-order valence-corrected chi connectivity index (χ2v) is 7.77. The van der Waals surface area contributed by atoms with E-state index in [0.717, 1.165) is 56.9 Å². The molecule has 0 bridgehead atoms. The number of hydrogen-bond donors (Lipinski definition) is 1. The number of nitrogens with zero attached hydrogens (tertiary/aromatic N) is 4. The Morgan fingerprint density at radius 2 is 2.11 bits per heavy atom. The van der Waals surface area contributed by atoms with Crippen LogP contribution in [0, 0.1) is 0 Å². The van der Waals surface area contributed by atoms with Gasteiger partial charge < -0.3 is 14.7 Å². The first-order valence-electron chi connectivity index (χ1n) is 9.99. The molecule has 1 aromatic heterocycles. The Bertz CT molecular complexity index is 869. The van der Waals surface area contributed by atoms with Gasteiger partial charge in [0.05, 0.1) is 31.1 Å². The molecule has 2 aliphatic heterocycles. The zero-order valence-corrected chi connectivity index (χ0v) is 16.3. The van der Waals surface area contributed by atoms with Crippen LogP contribution in [-0.4, -0.2) is 59.2 Å². The highest BCUT2D eigenvalue weighted by Crippen LogP contribution is 2.23. The number of hydrogen-bond acceptors (Lipinski definition) is 6. The first-order valence-corrected chi connectivity index (χ1v) is 9.99. The summed E-state index contributed by atoms with van der Waals surface area (Å²) in [5.41, 5.74) is 1.96. The lowest BCUT2D eigenvalue weighted by molar-refractivity contribution is 0.160. The molecule has 0 aliphatic carbocycles. The summed E-state index contributed by atoms with van der Waals surface area (Å²) in [5, 5.41) is 14.2. The molecule has 0 radical (unpaired) electrons. The van der Waals surface area contributed by atoms with Crippen molar-refractivity contribution < 1.29 is 9.84 Å². The van der Waals surface area contributed by atoms with E-state index in [0.29, 0.717) is 6.54 Å². The van der Waals surface area contributed by atoms with Crippen LogP contribution in [0.5, 0.6) is 5.75 Å². The lowest BCUT2D eigenvalue weighted by atomic mass is 10.0. The molecule has 0 amide bonds. The van der Waals surface area contributed by atoms with Crippen molar-refractivity contribution in [2.24, 2.45) is 0 Å². The number of β-amino-alcohol motifs (C(OH)–C–C–N with tert-alkyl or cyclic N) is 1. The van der Waals surface area contributed by atoms with Gasteiger partial charge in [0.25, 0.3) is 5.56 Å². The predicted octanol–water partition coefficient (Wildman–Crippen LogP) is 1.66. The second kappa shape index (κ2) is 8.32. The fourth-order valence-corrected chi connectivity index (χ4v) is 4.24. The van der Waals surface area contributed by atoms with Crippen LogP contribution in [0.15, 0.2) is 41.3 Å². The van der Waals surface area contributed by atoms with Crippen LogP contribution < -0.4 is 15.2 Å². The van der Waals surface area contributed by atoms with Crippen LogP contribution in [0.25, 0.3) is 0 Å². The molecule has 150 valence electrons. The van der Waals surface area contributed by atoms with Crippen LogP contribution in [0.4, 0.5) is 5.69 Å². The summed E-state index contributed by atoms with van der Waals surface area (Å²) in [6.07, 6.45) is 4.20. The largest absolute Gasteiger partial charge is 0.497 e. The predicted molar refractivity (Wildman–Crippen MR) is 108 cm³/mol. The van der Waals surface area contributed by atoms with Crippen LogP contribution >= 0.6 is 0 Å². The Hall–Kier alpha value is -2.38. The summed E-state index contributed by atoms with van der Waals surface area (Å²) in [5.74, 6) is 0.867. The van der Waals surface area contributed by atoms with Gasteiger partial charge in [-0.2, -0.15) is 5.10 Å². The quantitative estimate of drug-likeness (QED) is 0.846. The third kappa shape index (κ3) is 4.20. The monoisotopic (exact) mass is 384 g/mol. The van der Waals surface area contributed by atoms with Gasteiger partial charge in [-0.25, -0.2) is 4.68 Å². The average Bonchev–Trinajstić information content (AvgIpc) is 3.14. The number of aliphatic hydroxyl groups is 1. The molecular weight excluding hydrogens is 356 g/mol. The maximum atomic E-state index is 12.7. The Morgan fingerprint density at radius 3 is 2.86 bits per heavy atom. The summed E-state index contributed by atoms with van der Waals surface area (Å²) >= 11 is 0. The molecular formula is C21H28N4O3. The Labute approximate surface area is 165 Å². The van der Waals surface area contributed by atoms with E-state index in [9.17, 15) is 9.90 Å². The molecule has 0 saturated carbocycles. The Kier molecular flexibility index (Phi) is 5.64. The fourth-order valence-electron chi connectivity index (χ4n) is 4.24. The van der Waals surface area contributed by atoms with Crippen LogP contribution in [-0.2, 0) is 6.54 Å². The number of piperidine rings is 1. The van der Waals surface area contributed by atoms with E-state index in [4.69, 9.17) is 4.74 Å². The van der Waals surface area contributed by atoms with Gasteiger partial charge in [0.15, 0.2) is 0 Å². The molecule has 2 aliphatic rings. The zero-order chi connectivity index (χ0) is 19.5. The number of methoxy groups -OCH3 is 1. The summed E-state index contributed by atoms with van der Waals surface area (Å²) in [7, 11) is 1.68. The number of aromatic nitrogens is 2. The van der Waals surface area contributed by atoms with Crippen molar-refractivity contribution in [2.45, 2.75) is 38.0 Å². The van der Waals surface area contributed by atoms with E-state index in [1.807, 2.05) is 17.0 Å². The summed E-state index contributed by atoms with van der Waals surface area (Å²) in [6.45, 7) is 4.01. The Morgan fingerprint density at radius 1 is 1.21 bits per heavy atom. The van der Waals surface area contributed by atoms with Gasteiger partial charge in [0.1, 0.15) is 5.75 Å². The third-order valence-electron chi connectivity index (χ3n) is 5.71. The molecule has 0 spiro atoms. The van der Waals surface area contributed by atoms with Crippen LogP contribution in [0.1, 0.15) is 30.9 Å². The van der Waals surface area contributed by atoms with Gasteiger partial charge in [0, 0.05) is 32.2 Å². The van der Waals surface area contributed by atoms with E-state index < -0.39 is 0 Å². The highest BCUT2D eigenvalue weighted by molar-refractivity contribution is 5.44. The summed E-state index contributed by atoms with van der Waals surface area (Å²) in [6, 6.07) is 9.88. The van der Waals surface area contributed by atoms with Crippen molar-refractivity contribution in [3.63, 3.8) is 0 Å². The van der Waals surface area contributed by atoms with Crippen molar-refractivity contribution in [1.29, 1.82) is 0 Å². The number of rotatable bonds is 5. The van der Waals surface area contributed by atoms with Gasteiger partial charge >= 0.3 is 0 Å². The van der Waals surface area contributed by atoms with E-state index in [1.165, 1.54) is 5.56 Å². The molecule has 7 nitrogen and oxygen atoms in total. The summed E-state index contributed by atoms with van der Waals surface area (Å²) < 4.78 is 6.95. The first kappa shape index (κ1) is 19.0. The molecule has 2 fully saturated rings. The molecule has 4 rings (SSSR count). The van der Waals surface area contributed by atoms with Crippen molar-refractivity contribution in [3.05, 3.63) is 52.4 Å². The SMILES string of the molecule is COc1cccc(CN2CCC[C@H](n3ncc(N4CC[C@H](O)C4)cc3=O)C2)c1. The normalized spacial score (nSPS) is 23.1. The average molecular weight is 384 g/mol. The smallest absolute Gasteiger partial charge is 0.269 e. The van der Waals surface area contributed by atoms with E-state index in [2.05, 4.69) is 22.1 Å². The second-order valence-electron chi connectivity index (χ2n) is 7.77. The van der Waals surface area contributed by atoms with Gasteiger partial charge in [-0.1, -0.05) is 12.1 Å². The molecule has 3 heterocycles. The maximum Gasteiger partial charge on any atom is 0.269 e. The van der Waals surface area contributed by atoms with E-state index in [1.54, 1.807) is 24.1 Å². The van der Waals surface area contributed by atoms with E-state index >= 15 is 0 Å².